The number of amides is 2. The van der Waals surface area contributed by atoms with Crippen LogP contribution in [0, 0.1) is 5.92 Å². The molecule has 2 amide bonds. The van der Waals surface area contributed by atoms with Gasteiger partial charge in [0.25, 0.3) is 0 Å². The Morgan fingerprint density at radius 3 is 2.83 bits per heavy atom. The van der Waals surface area contributed by atoms with Crippen molar-refractivity contribution < 1.29 is 9.59 Å². The Morgan fingerprint density at radius 2 is 2.22 bits per heavy atom. The summed E-state index contributed by atoms with van der Waals surface area (Å²) in [7, 11) is 0. The van der Waals surface area contributed by atoms with Crippen LogP contribution in [0.3, 0.4) is 0 Å². The van der Waals surface area contributed by atoms with Crippen molar-refractivity contribution in [2.24, 2.45) is 5.92 Å². The molecule has 5 heteroatoms. The maximum Gasteiger partial charge on any atom is 0.246 e. The van der Waals surface area contributed by atoms with E-state index in [4.69, 9.17) is 0 Å². The van der Waals surface area contributed by atoms with Gasteiger partial charge in [0.15, 0.2) is 0 Å². The molecule has 1 fully saturated rings. The standard InChI is InChI=1S/C13H17N3O2/c1-9(2)12-13(18)16(8-11(17)15-12)7-10-5-3-4-6-14-10/h3-6,9,12H,7-8H2,1-2H3,(H,15,17). The van der Waals surface area contributed by atoms with E-state index in [1.54, 1.807) is 11.1 Å². The van der Waals surface area contributed by atoms with E-state index in [2.05, 4.69) is 10.3 Å². The van der Waals surface area contributed by atoms with Crippen molar-refractivity contribution in [3.63, 3.8) is 0 Å². The highest BCUT2D eigenvalue weighted by Gasteiger charge is 2.34. The third kappa shape index (κ3) is 2.67. The van der Waals surface area contributed by atoms with Crippen molar-refractivity contribution in [2.75, 3.05) is 6.54 Å². The Hall–Kier alpha value is -1.91. The molecule has 18 heavy (non-hydrogen) atoms. The fourth-order valence-electron chi connectivity index (χ4n) is 2.00. The van der Waals surface area contributed by atoms with Gasteiger partial charge in [0.1, 0.15) is 12.6 Å². The van der Waals surface area contributed by atoms with Gasteiger partial charge in [-0.15, -0.1) is 0 Å². The van der Waals surface area contributed by atoms with Crippen molar-refractivity contribution >= 4 is 11.8 Å². The van der Waals surface area contributed by atoms with E-state index in [1.165, 1.54) is 0 Å². The Bertz CT molecular complexity index is 445. The number of piperazine rings is 1. The van der Waals surface area contributed by atoms with Crippen LogP contribution in [0.5, 0.6) is 0 Å². The third-order valence-electron chi connectivity index (χ3n) is 2.97. The fourth-order valence-corrected chi connectivity index (χ4v) is 2.00. The van der Waals surface area contributed by atoms with E-state index in [1.807, 2.05) is 32.0 Å². The molecule has 0 spiro atoms. The van der Waals surface area contributed by atoms with Gasteiger partial charge in [-0.3, -0.25) is 14.6 Å². The predicted octanol–water partition coefficient (Wildman–Crippen LogP) is 0.565. The molecule has 1 unspecified atom stereocenters. The molecule has 2 rings (SSSR count). The molecule has 0 aromatic carbocycles. The molecule has 5 nitrogen and oxygen atoms in total. The number of carbonyl (C=O) groups is 2. The fraction of sp³-hybridized carbons (Fsp3) is 0.462. The summed E-state index contributed by atoms with van der Waals surface area (Å²) >= 11 is 0. The maximum atomic E-state index is 12.2. The number of nitrogens with one attached hydrogen (secondary N) is 1. The minimum absolute atomic E-state index is 0.0322. The first-order chi connectivity index (χ1) is 8.58. The van der Waals surface area contributed by atoms with Gasteiger partial charge in [-0.25, -0.2) is 0 Å². The van der Waals surface area contributed by atoms with E-state index in [0.717, 1.165) is 5.69 Å². The van der Waals surface area contributed by atoms with Gasteiger partial charge in [-0.05, 0) is 18.1 Å². The topological polar surface area (TPSA) is 62.3 Å². The van der Waals surface area contributed by atoms with Gasteiger partial charge in [-0.2, -0.15) is 0 Å². The zero-order valence-electron chi connectivity index (χ0n) is 10.6. The number of carbonyl (C=O) groups excluding carboxylic acids is 2. The molecule has 0 bridgehead atoms. The quantitative estimate of drug-likeness (QED) is 0.849. The van der Waals surface area contributed by atoms with Crippen molar-refractivity contribution in [1.82, 2.24) is 15.2 Å². The van der Waals surface area contributed by atoms with Gasteiger partial charge in [0.05, 0.1) is 12.2 Å². The lowest BCUT2D eigenvalue weighted by atomic mass is 10.0. The monoisotopic (exact) mass is 247 g/mol. The van der Waals surface area contributed by atoms with Crippen LogP contribution < -0.4 is 5.32 Å². The molecule has 96 valence electrons. The SMILES string of the molecule is CC(C)C1NC(=O)CN(Cc2ccccn2)C1=O. The van der Waals surface area contributed by atoms with Gasteiger partial charge >= 0.3 is 0 Å². The summed E-state index contributed by atoms with van der Waals surface area (Å²) in [5, 5.41) is 2.73. The van der Waals surface area contributed by atoms with Crippen LogP contribution in [0.15, 0.2) is 24.4 Å². The van der Waals surface area contributed by atoms with Crippen LogP contribution in [0.1, 0.15) is 19.5 Å². The summed E-state index contributed by atoms with van der Waals surface area (Å²) in [5.74, 6) is -0.0486. The lowest BCUT2D eigenvalue weighted by molar-refractivity contribution is -0.146. The van der Waals surface area contributed by atoms with Crippen LogP contribution in [-0.4, -0.2) is 34.3 Å². The predicted molar refractivity (Wildman–Crippen MR) is 66.4 cm³/mol. The average Bonchev–Trinajstić information content (AvgIpc) is 2.34. The van der Waals surface area contributed by atoms with E-state index >= 15 is 0 Å². The highest BCUT2D eigenvalue weighted by atomic mass is 16.2. The first kappa shape index (κ1) is 12.5. The summed E-state index contributed by atoms with van der Waals surface area (Å²) in [6.45, 7) is 4.34. The first-order valence-corrected chi connectivity index (χ1v) is 6.06. The van der Waals surface area contributed by atoms with Crippen LogP contribution in [-0.2, 0) is 16.1 Å². The summed E-state index contributed by atoms with van der Waals surface area (Å²) in [4.78, 5) is 29.5. The van der Waals surface area contributed by atoms with Crippen LogP contribution in [0.2, 0.25) is 0 Å². The molecule has 2 heterocycles. The van der Waals surface area contributed by atoms with Crippen LogP contribution in [0.4, 0.5) is 0 Å². The number of rotatable bonds is 3. The Kier molecular flexibility index (Phi) is 3.60. The third-order valence-corrected chi connectivity index (χ3v) is 2.97. The van der Waals surface area contributed by atoms with Crippen LogP contribution in [0.25, 0.3) is 0 Å². The van der Waals surface area contributed by atoms with E-state index < -0.39 is 6.04 Å². The number of nitrogens with zero attached hydrogens (tertiary/aromatic N) is 2. The van der Waals surface area contributed by atoms with E-state index in [-0.39, 0.29) is 24.3 Å². The Labute approximate surface area is 106 Å². The number of hydrogen-bond donors (Lipinski definition) is 1. The zero-order valence-corrected chi connectivity index (χ0v) is 10.6. The lowest BCUT2D eigenvalue weighted by Crippen LogP contribution is -2.59. The van der Waals surface area contributed by atoms with Crippen molar-refractivity contribution in [3.05, 3.63) is 30.1 Å². The minimum atomic E-state index is -0.421. The number of aromatic nitrogens is 1. The molecular formula is C13H17N3O2. The molecule has 1 aromatic heterocycles. The van der Waals surface area contributed by atoms with Crippen molar-refractivity contribution in [2.45, 2.75) is 26.4 Å². The summed E-state index contributed by atoms with van der Waals surface area (Å²) in [5.41, 5.74) is 0.794. The molecule has 1 saturated heterocycles. The second kappa shape index (κ2) is 5.16. The smallest absolute Gasteiger partial charge is 0.246 e. The van der Waals surface area contributed by atoms with Crippen molar-refractivity contribution in [3.8, 4) is 0 Å². The van der Waals surface area contributed by atoms with Gasteiger partial charge in [0, 0.05) is 6.20 Å². The molecule has 0 saturated carbocycles. The second-order valence-corrected chi connectivity index (χ2v) is 4.80. The second-order valence-electron chi connectivity index (χ2n) is 4.80. The maximum absolute atomic E-state index is 12.2. The molecule has 1 aliphatic heterocycles. The van der Waals surface area contributed by atoms with Gasteiger partial charge < -0.3 is 10.2 Å². The van der Waals surface area contributed by atoms with Gasteiger partial charge in [-0.1, -0.05) is 19.9 Å². The highest BCUT2D eigenvalue weighted by molar-refractivity contribution is 5.94. The van der Waals surface area contributed by atoms with Gasteiger partial charge in [0.2, 0.25) is 11.8 Å². The minimum Gasteiger partial charge on any atom is -0.343 e. The molecule has 1 aliphatic rings. The highest BCUT2D eigenvalue weighted by Crippen LogP contribution is 2.13. The summed E-state index contributed by atoms with van der Waals surface area (Å²) in [6, 6.07) is 5.13. The first-order valence-electron chi connectivity index (χ1n) is 6.06. The molecule has 1 N–H and O–H groups in total. The average molecular weight is 247 g/mol. The number of hydrogen-bond acceptors (Lipinski definition) is 3. The van der Waals surface area contributed by atoms with E-state index in [0.29, 0.717) is 6.54 Å². The molecule has 0 radical (unpaired) electrons. The normalized spacial score (nSPS) is 20.2. The van der Waals surface area contributed by atoms with Crippen molar-refractivity contribution in [1.29, 1.82) is 0 Å². The van der Waals surface area contributed by atoms with E-state index in [9.17, 15) is 9.59 Å². The van der Waals surface area contributed by atoms with Crippen LogP contribution >= 0.6 is 0 Å². The molecule has 1 atom stereocenters. The summed E-state index contributed by atoms with van der Waals surface area (Å²) in [6.07, 6.45) is 1.68. The zero-order chi connectivity index (χ0) is 13.1. The number of pyridine rings is 1. The molecule has 0 aliphatic carbocycles. The summed E-state index contributed by atoms with van der Waals surface area (Å²) < 4.78 is 0. The Balaban J connectivity index is 2.12. The Morgan fingerprint density at radius 1 is 1.44 bits per heavy atom. The molecular weight excluding hydrogens is 230 g/mol. The largest absolute Gasteiger partial charge is 0.343 e. The molecule has 1 aromatic rings. The lowest BCUT2D eigenvalue weighted by Gasteiger charge is -2.34.